The zero-order valence-corrected chi connectivity index (χ0v) is 17.3. The van der Waals surface area contributed by atoms with Crippen molar-refractivity contribution in [1.29, 1.82) is 0 Å². The number of benzene rings is 1. The number of pyridine rings is 1. The third-order valence-corrected chi connectivity index (χ3v) is 5.19. The summed E-state index contributed by atoms with van der Waals surface area (Å²) in [4.78, 5) is 22.6. The lowest BCUT2D eigenvalue weighted by Gasteiger charge is -2.13. The van der Waals surface area contributed by atoms with Crippen molar-refractivity contribution in [1.82, 2.24) is 24.9 Å². The van der Waals surface area contributed by atoms with E-state index < -0.39 is 0 Å². The van der Waals surface area contributed by atoms with Gasteiger partial charge in [-0.1, -0.05) is 12.1 Å². The number of hydrogen-bond donors (Lipinski definition) is 0. The van der Waals surface area contributed by atoms with Crippen molar-refractivity contribution in [2.24, 2.45) is 0 Å². The van der Waals surface area contributed by atoms with E-state index >= 15 is 0 Å². The summed E-state index contributed by atoms with van der Waals surface area (Å²) < 4.78 is 16.9. The normalized spacial score (nSPS) is 13.2. The van der Waals surface area contributed by atoms with Crippen molar-refractivity contribution < 1.29 is 14.2 Å². The highest BCUT2D eigenvalue weighted by Crippen LogP contribution is 2.45. The fraction of sp³-hybridized carbons (Fsp3) is 0.261. The van der Waals surface area contributed by atoms with Gasteiger partial charge in [-0.3, -0.25) is 0 Å². The first-order valence-electron chi connectivity index (χ1n) is 10.0. The first-order chi connectivity index (χ1) is 15.3. The van der Waals surface area contributed by atoms with Crippen LogP contribution in [0.1, 0.15) is 30.0 Å². The molecule has 1 aromatic carbocycles. The van der Waals surface area contributed by atoms with E-state index in [0.717, 1.165) is 35.2 Å². The van der Waals surface area contributed by atoms with Crippen molar-refractivity contribution in [2.75, 3.05) is 14.2 Å². The molecular formula is C23H21N5O3. The molecule has 4 aromatic rings. The number of ether oxygens (including phenoxy) is 3. The van der Waals surface area contributed by atoms with Gasteiger partial charge in [0.1, 0.15) is 24.2 Å². The van der Waals surface area contributed by atoms with Gasteiger partial charge in [-0.05, 0) is 42.7 Å². The lowest BCUT2D eigenvalue weighted by molar-refractivity contribution is 0.297. The molecule has 156 valence electrons. The van der Waals surface area contributed by atoms with E-state index in [1.807, 2.05) is 36.4 Å². The third-order valence-electron chi connectivity index (χ3n) is 5.19. The second-order valence-electron chi connectivity index (χ2n) is 7.28. The first kappa shape index (κ1) is 19.2. The van der Waals surface area contributed by atoms with E-state index in [0.29, 0.717) is 41.3 Å². The fourth-order valence-corrected chi connectivity index (χ4v) is 3.44. The summed E-state index contributed by atoms with van der Waals surface area (Å²) in [6.45, 7) is 0.350. The number of fused-ring (bicyclic) bond motifs is 1. The van der Waals surface area contributed by atoms with Gasteiger partial charge in [0.05, 0.1) is 25.3 Å². The van der Waals surface area contributed by atoms with E-state index in [-0.39, 0.29) is 0 Å². The van der Waals surface area contributed by atoms with Gasteiger partial charge in [0.15, 0.2) is 11.5 Å². The van der Waals surface area contributed by atoms with Crippen LogP contribution < -0.4 is 14.2 Å². The van der Waals surface area contributed by atoms with Crippen LogP contribution in [0.25, 0.3) is 22.4 Å². The number of hydrogen-bond acceptors (Lipinski definition) is 8. The van der Waals surface area contributed by atoms with Crippen molar-refractivity contribution >= 4 is 11.0 Å². The number of aromatic nitrogens is 5. The zero-order valence-electron chi connectivity index (χ0n) is 17.3. The summed E-state index contributed by atoms with van der Waals surface area (Å²) >= 11 is 0. The Morgan fingerprint density at radius 3 is 2.48 bits per heavy atom. The molecule has 3 heterocycles. The molecule has 8 heteroatoms. The molecule has 1 saturated carbocycles. The molecule has 5 rings (SSSR count). The Hall–Kier alpha value is -3.81. The van der Waals surface area contributed by atoms with Crippen LogP contribution in [0.4, 0.5) is 0 Å². The summed E-state index contributed by atoms with van der Waals surface area (Å²) in [5.74, 6) is 2.53. The maximum Gasteiger partial charge on any atom is 0.227 e. The Morgan fingerprint density at radius 1 is 0.903 bits per heavy atom. The molecule has 0 unspecified atom stereocenters. The van der Waals surface area contributed by atoms with Gasteiger partial charge in [-0.15, -0.1) is 0 Å². The molecule has 0 bridgehead atoms. The minimum atomic E-state index is 0.350. The maximum atomic E-state index is 6.12. The third kappa shape index (κ3) is 3.84. The summed E-state index contributed by atoms with van der Waals surface area (Å²) in [6.07, 6.45) is 5.39. The molecule has 0 radical (unpaired) electrons. The summed E-state index contributed by atoms with van der Waals surface area (Å²) in [7, 11) is 3.23. The smallest absolute Gasteiger partial charge is 0.227 e. The Labute approximate surface area is 179 Å². The molecule has 3 aromatic heterocycles. The van der Waals surface area contributed by atoms with E-state index in [1.165, 1.54) is 6.33 Å². The first-order valence-corrected chi connectivity index (χ1v) is 10.0. The predicted octanol–water partition coefficient (Wildman–Crippen LogP) is 3.96. The average Bonchev–Trinajstić information content (AvgIpc) is 3.67. The number of methoxy groups -OCH3 is 2. The van der Waals surface area contributed by atoms with E-state index in [1.54, 1.807) is 20.4 Å². The quantitative estimate of drug-likeness (QED) is 0.448. The average molecular weight is 415 g/mol. The van der Waals surface area contributed by atoms with Gasteiger partial charge in [-0.25, -0.2) is 19.9 Å². The zero-order chi connectivity index (χ0) is 21.2. The van der Waals surface area contributed by atoms with Crippen LogP contribution in [0.2, 0.25) is 0 Å². The maximum absolute atomic E-state index is 6.12. The second kappa shape index (κ2) is 8.14. The van der Waals surface area contributed by atoms with Gasteiger partial charge in [0.25, 0.3) is 0 Å². The van der Waals surface area contributed by atoms with Crippen LogP contribution in [0, 0.1) is 0 Å². The SMILES string of the molecule is COc1ccc(COc2nc(-c3c(OC)ncnc3C3CC3)nc3ncccc23)cc1. The lowest BCUT2D eigenvalue weighted by atomic mass is 10.1. The summed E-state index contributed by atoms with van der Waals surface area (Å²) in [5.41, 5.74) is 3.15. The Kier molecular flexibility index (Phi) is 5.03. The topological polar surface area (TPSA) is 92.1 Å². The molecular weight excluding hydrogens is 394 g/mol. The molecule has 0 saturated heterocycles. The second-order valence-corrected chi connectivity index (χ2v) is 7.28. The molecule has 0 N–H and O–H groups in total. The highest BCUT2D eigenvalue weighted by Gasteiger charge is 2.31. The van der Waals surface area contributed by atoms with Crippen molar-refractivity contribution in [2.45, 2.75) is 25.4 Å². The van der Waals surface area contributed by atoms with Crippen LogP contribution in [-0.2, 0) is 6.61 Å². The van der Waals surface area contributed by atoms with Gasteiger partial charge in [0.2, 0.25) is 11.8 Å². The monoisotopic (exact) mass is 415 g/mol. The Morgan fingerprint density at radius 2 is 1.74 bits per heavy atom. The van der Waals surface area contributed by atoms with E-state index in [4.69, 9.17) is 19.2 Å². The minimum absolute atomic E-state index is 0.350. The highest BCUT2D eigenvalue weighted by atomic mass is 16.5. The molecule has 1 fully saturated rings. The Bertz CT molecular complexity index is 1230. The number of rotatable bonds is 7. The molecule has 1 aliphatic carbocycles. The van der Waals surface area contributed by atoms with Crippen LogP contribution in [0.5, 0.6) is 17.5 Å². The van der Waals surface area contributed by atoms with Crippen molar-refractivity contribution in [3.8, 4) is 28.9 Å². The van der Waals surface area contributed by atoms with E-state index in [9.17, 15) is 0 Å². The van der Waals surface area contributed by atoms with Crippen LogP contribution in [0.15, 0.2) is 48.9 Å². The molecule has 0 spiro atoms. The Balaban J connectivity index is 1.57. The molecule has 0 amide bonds. The molecule has 0 atom stereocenters. The van der Waals surface area contributed by atoms with Crippen LogP contribution >= 0.6 is 0 Å². The van der Waals surface area contributed by atoms with Gasteiger partial charge in [0, 0.05) is 12.1 Å². The summed E-state index contributed by atoms with van der Waals surface area (Å²) in [6, 6.07) is 11.5. The largest absolute Gasteiger partial charge is 0.497 e. The molecule has 0 aliphatic heterocycles. The molecule has 1 aliphatic rings. The molecule has 8 nitrogen and oxygen atoms in total. The van der Waals surface area contributed by atoms with Crippen molar-refractivity contribution in [3.63, 3.8) is 0 Å². The minimum Gasteiger partial charge on any atom is -0.497 e. The standard InChI is InChI=1S/C23H21N5O3/c1-29-16-9-5-14(6-10-16)12-31-22-17-4-3-11-24-20(17)27-21(28-22)18-19(15-7-8-15)25-13-26-23(18)30-2/h3-6,9-11,13,15H,7-8,12H2,1-2H3. The predicted molar refractivity (Wildman–Crippen MR) is 114 cm³/mol. The molecule has 31 heavy (non-hydrogen) atoms. The van der Waals surface area contributed by atoms with Gasteiger partial charge < -0.3 is 14.2 Å². The van der Waals surface area contributed by atoms with Gasteiger partial charge in [-0.2, -0.15) is 4.98 Å². The fourth-order valence-electron chi connectivity index (χ4n) is 3.44. The lowest BCUT2D eigenvalue weighted by Crippen LogP contribution is -2.05. The summed E-state index contributed by atoms with van der Waals surface area (Å²) in [5, 5.41) is 0.739. The highest BCUT2D eigenvalue weighted by molar-refractivity contribution is 5.82. The number of nitrogens with zero attached hydrogens (tertiary/aromatic N) is 5. The van der Waals surface area contributed by atoms with Crippen LogP contribution in [-0.4, -0.2) is 39.1 Å². The van der Waals surface area contributed by atoms with E-state index in [2.05, 4.69) is 19.9 Å². The van der Waals surface area contributed by atoms with Gasteiger partial charge >= 0.3 is 0 Å². The van der Waals surface area contributed by atoms with Crippen LogP contribution in [0.3, 0.4) is 0 Å². The van der Waals surface area contributed by atoms with Crippen molar-refractivity contribution in [3.05, 3.63) is 60.2 Å².